The van der Waals surface area contributed by atoms with Crippen molar-refractivity contribution in [3.63, 3.8) is 0 Å². The van der Waals surface area contributed by atoms with E-state index < -0.39 is 0 Å². The highest BCUT2D eigenvalue weighted by Crippen LogP contribution is 2.37. The second kappa shape index (κ2) is 7.88. The Kier molecular flexibility index (Phi) is 5.61. The Bertz CT molecular complexity index is 629. The van der Waals surface area contributed by atoms with E-state index in [2.05, 4.69) is 12.1 Å². The third kappa shape index (κ3) is 4.01. The van der Waals surface area contributed by atoms with Crippen LogP contribution in [0.1, 0.15) is 38.5 Å². The van der Waals surface area contributed by atoms with Crippen molar-refractivity contribution in [2.45, 2.75) is 55.5 Å². The number of carbonyl (C=O) groups excluding carboxylic acids is 2. The Morgan fingerprint density at radius 2 is 2.00 bits per heavy atom. The number of rotatable bonds is 4. The standard InChI is InChI=1S/C19H23NO3S/c1-23-19(22)12-15-8-6-5-7-14-11-17(13-18(21)20(14)15)24-16-9-3-2-4-10-16/h2-4,9-10,13-15H,5-8,11-12H2,1H3/t14-,15-/m0/s1. The molecule has 5 heteroatoms. The number of esters is 1. The first kappa shape index (κ1) is 17.1. The summed E-state index contributed by atoms with van der Waals surface area (Å²) in [6.45, 7) is 0. The van der Waals surface area contributed by atoms with Crippen LogP contribution in [0.5, 0.6) is 0 Å². The molecule has 24 heavy (non-hydrogen) atoms. The van der Waals surface area contributed by atoms with Gasteiger partial charge < -0.3 is 9.64 Å². The van der Waals surface area contributed by atoms with E-state index in [-0.39, 0.29) is 24.0 Å². The van der Waals surface area contributed by atoms with Crippen LogP contribution < -0.4 is 0 Å². The molecule has 0 bridgehead atoms. The Morgan fingerprint density at radius 1 is 1.25 bits per heavy atom. The van der Waals surface area contributed by atoms with Gasteiger partial charge in [-0.1, -0.05) is 42.8 Å². The van der Waals surface area contributed by atoms with Gasteiger partial charge in [-0.25, -0.2) is 0 Å². The topological polar surface area (TPSA) is 46.6 Å². The monoisotopic (exact) mass is 345 g/mol. The third-order valence-electron chi connectivity index (χ3n) is 4.71. The van der Waals surface area contributed by atoms with Crippen molar-refractivity contribution in [3.05, 3.63) is 41.3 Å². The van der Waals surface area contributed by atoms with Gasteiger partial charge in [0.05, 0.1) is 13.5 Å². The van der Waals surface area contributed by atoms with E-state index in [0.717, 1.165) is 41.9 Å². The number of amides is 1. The molecule has 2 aliphatic rings. The fourth-order valence-corrected chi connectivity index (χ4v) is 4.62. The lowest BCUT2D eigenvalue weighted by Gasteiger charge is -2.38. The highest BCUT2D eigenvalue weighted by molar-refractivity contribution is 8.03. The minimum atomic E-state index is -0.234. The lowest BCUT2D eigenvalue weighted by Crippen LogP contribution is -2.48. The minimum Gasteiger partial charge on any atom is -0.469 e. The number of methoxy groups -OCH3 is 1. The van der Waals surface area contributed by atoms with E-state index in [9.17, 15) is 9.59 Å². The number of hydrogen-bond acceptors (Lipinski definition) is 4. The average molecular weight is 345 g/mol. The molecule has 0 aliphatic carbocycles. The van der Waals surface area contributed by atoms with Crippen molar-refractivity contribution in [2.24, 2.45) is 0 Å². The SMILES string of the molecule is COC(=O)C[C@@H]1CCCC[C@H]2CC(Sc3ccccc3)=CC(=O)N12. The zero-order chi connectivity index (χ0) is 16.9. The second-order valence-electron chi connectivity index (χ2n) is 6.35. The smallest absolute Gasteiger partial charge is 0.307 e. The van der Waals surface area contributed by atoms with Gasteiger partial charge in [0.25, 0.3) is 0 Å². The van der Waals surface area contributed by atoms with Crippen molar-refractivity contribution in [2.75, 3.05) is 7.11 Å². The summed E-state index contributed by atoms with van der Waals surface area (Å²) < 4.78 is 4.81. The Hall–Kier alpha value is -1.75. The van der Waals surface area contributed by atoms with Crippen LogP contribution in [0.2, 0.25) is 0 Å². The minimum absolute atomic E-state index is 0.0306. The molecule has 0 aromatic heterocycles. The maximum absolute atomic E-state index is 12.7. The first-order chi connectivity index (χ1) is 11.7. The molecule has 2 aliphatic heterocycles. The highest BCUT2D eigenvalue weighted by Gasteiger charge is 2.36. The summed E-state index contributed by atoms with van der Waals surface area (Å²) in [6.07, 6.45) is 6.99. The van der Waals surface area contributed by atoms with E-state index in [0.29, 0.717) is 6.42 Å². The second-order valence-corrected chi connectivity index (χ2v) is 7.55. The van der Waals surface area contributed by atoms with Crippen LogP contribution in [-0.4, -0.2) is 36.0 Å². The molecule has 0 saturated carbocycles. The van der Waals surface area contributed by atoms with Crippen molar-refractivity contribution in [1.29, 1.82) is 0 Å². The van der Waals surface area contributed by atoms with Crippen LogP contribution in [-0.2, 0) is 14.3 Å². The molecule has 0 unspecified atom stereocenters. The van der Waals surface area contributed by atoms with Crippen molar-refractivity contribution in [3.8, 4) is 0 Å². The molecule has 0 radical (unpaired) electrons. The zero-order valence-corrected chi connectivity index (χ0v) is 14.8. The predicted molar refractivity (Wildman–Crippen MR) is 94.5 cm³/mol. The van der Waals surface area contributed by atoms with E-state index >= 15 is 0 Å². The summed E-state index contributed by atoms with van der Waals surface area (Å²) in [5.41, 5.74) is 0. The van der Waals surface area contributed by atoms with Crippen LogP contribution >= 0.6 is 11.8 Å². The summed E-state index contributed by atoms with van der Waals surface area (Å²) in [5.74, 6) is -0.192. The largest absolute Gasteiger partial charge is 0.469 e. The number of carbonyl (C=O) groups is 2. The number of hydrogen-bond donors (Lipinski definition) is 0. The molecular formula is C19H23NO3S. The molecular weight excluding hydrogens is 322 g/mol. The van der Waals surface area contributed by atoms with Gasteiger partial charge in [-0.3, -0.25) is 9.59 Å². The molecule has 0 spiro atoms. The maximum atomic E-state index is 12.7. The normalized spacial score (nSPS) is 24.0. The van der Waals surface area contributed by atoms with Gasteiger partial charge in [0.1, 0.15) is 0 Å². The Balaban J connectivity index is 1.77. The Morgan fingerprint density at radius 3 is 2.75 bits per heavy atom. The van der Waals surface area contributed by atoms with Gasteiger partial charge in [-0.15, -0.1) is 0 Å². The van der Waals surface area contributed by atoms with E-state index in [4.69, 9.17) is 4.74 Å². The molecule has 0 N–H and O–H groups in total. The van der Waals surface area contributed by atoms with Crippen LogP contribution in [0.15, 0.2) is 46.2 Å². The summed E-state index contributed by atoms with van der Waals surface area (Å²) >= 11 is 1.67. The van der Waals surface area contributed by atoms with Gasteiger partial charge in [0, 0.05) is 23.1 Å². The molecule has 4 nitrogen and oxygen atoms in total. The number of thioether (sulfide) groups is 1. The quantitative estimate of drug-likeness (QED) is 0.780. The molecule has 3 rings (SSSR count). The Labute approximate surface area is 147 Å². The van der Waals surface area contributed by atoms with Crippen LogP contribution in [0.4, 0.5) is 0 Å². The molecule has 2 heterocycles. The molecule has 2 atom stereocenters. The summed E-state index contributed by atoms with van der Waals surface area (Å²) in [6, 6.07) is 10.3. The number of ether oxygens (including phenoxy) is 1. The molecule has 1 fully saturated rings. The van der Waals surface area contributed by atoms with E-state index in [1.165, 1.54) is 7.11 Å². The predicted octanol–water partition coefficient (Wildman–Crippen LogP) is 3.77. The van der Waals surface area contributed by atoms with Gasteiger partial charge in [-0.2, -0.15) is 0 Å². The summed E-state index contributed by atoms with van der Waals surface area (Å²) in [4.78, 5) is 28.7. The van der Waals surface area contributed by atoms with Crippen LogP contribution in [0.25, 0.3) is 0 Å². The van der Waals surface area contributed by atoms with Gasteiger partial charge >= 0.3 is 5.97 Å². The van der Waals surface area contributed by atoms with Crippen molar-refractivity contribution < 1.29 is 14.3 Å². The summed E-state index contributed by atoms with van der Waals surface area (Å²) in [7, 11) is 1.41. The maximum Gasteiger partial charge on any atom is 0.307 e. The number of benzene rings is 1. The molecule has 1 aromatic rings. The molecule has 1 aromatic carbocycles. The number of nitrogens with zero attached hydrogens (tertiary/aromatic N) is 1. The average Bonchev–Trinajstić information content (AvgIpc) is 2.78. The van der Waals surface area contributed by atoms with Gasteiger partial charge in [0.2, 0.25) is 5.91 Å². The van der Waals surface area contributed by atoms with Crippen LogP contribution in [0.3, 0.4) is 0 Å². The molecule has 1 saturated heterocycles. The van der Waals surface area contributed by atoms with Crippen molar-refractivity contribution >= 4 is 23.6 Å². The van der Waals surface area contributed by atoms with Gasteiger partial charge in [0.15, 0.2) is 0 Å². The van der Waals surface area contributed by atoms with E-state index in [1.807, 2.05) is 23.1 Å². The first-order valence-electron chi connectivity index (χ1n) is 8.50. The molecule has 128 valence electrons. The fourth-order valence-electron chi connectivity index (χ4n) is 3.59. The summed E-state index contributed by atoms with van der Waals surface area (Å²) in [5, 5.41) is 0. The third-order valence-corrected chi connectivity index (χ3v) is 5.76. The lowest BCUT2D eigenvalue weighted by molar-refractivity contribution is -0.143. The first-order valence-corrected chi connectivity index (χ1v) is 9.31. The zero-order valence-electron chi connectivity index (χ0n) is 13.9. The van der Waals surface area contributed by atoms with Crippen LogP contribution in [0, 0.1) is 0 Å². The van der Waals surface area contributed by atoms with Crippen molar-refractivity contribution in [1.82, 2.24) is 4.90 Å². The number of fused-ring (bicyclic) bond motifs is 1. The van der Waals surface area contributed by atoms with Gasteiger partial charge in [-0.05, 0) is 36.3 Å². The highest BCUT2D eigenvalue weighted by atomic mass is 32.2. The lowest BCUT2D eigenvalue weighted by atomic mass is 10.0. The fraction of sp³-hybridized carbons (Fsp3) is 0.474. The molecule has 1 amide bonds. The van der Waals surface area contributed by atoms with E-state index in [1.54, 1.807) is 17.8 Å².